The van der Waals surface area contributed by atoms with Crippen molar-refractivity contribution >= 4 is 46.7 Å². The molecule has 2 rings (SSSR count). The zero-order valence-corrected chi connectivity index (χ0v) is 12.3. The molecule has 0 aliphatic carbocycles. The molecule has 1 aromatic rings. The minimum Gasteiger partial charge on any atom is -0.454 e. The molecule has 1 fully saturated rings. The fraction of sp³-hybridized carbons (Fsp3) is 0.308. The van der Waals surface area contributed by atoms with Crippen LogP contribution >= 0.6 is 23.2 Å². The van der Waals surface area contributed by atoms with Crippen molar-refractivity contribution in [2.75, 3.05) is 11.9 Å². The molecule has 21 heavy (non-hydrogen) atoms. The number of carbonyl (C=O) groups excluding carboxylic acids is 3. The van der Waals surface area contributed by atoms with Crippen LogP contribution in [0, 0.1) is 0 Å². The zero-order chi connectivity index (χ0) is 15.4. The number of hydrogen-bond donors (Lipinski definition) is 2. The van der Waals surface area contributed by atoms with Gasteiger partial charge in [0.15, 0.2) is 6.61 Å². The van der Waals surface area contributed by atoms with E-state index in [-0.39, 0.29) is 12.3 Å². The van der Waals surface area contributed by atoms with Crippen molar-refractivity contribution in [3.63, 3.8) is 0 Å². The summed E-state index contributed by atoms with van der Waals surface area (Å²) in [7, 11) is 0. The SMILES string of the molecule is O=C(COC(=O)[C@@H]1CCC(=O)N1)Nc1cc(Cl)ccc1Cl. The minimum atomic E-state index is -0.681. The molecular weight excluding hydrogens is 319 g/mol. The van der Waals surface area contributed by atoms with Crippen LogP contribution in [0.2, 0.25) is 10.0 Å². The maximum absolute atomic E-state index is 11.7. The summed E-state index contributed by atoms with van der Waals surface area (Å²) in [6.45, 7) is -0.464. The van der Waals surface area contributed by atoms with Gasteiger partial charge >= 0.3 is 5.97 Å². The Kier molecular flexibility index (Phi) is 5.03. The van der Waals surface area contributed by atoms with Gasteiger partial charge in [0.05, 0.1) is 10.7 Å². The molecule has 1 atom stereocenters. The monoisotopic (exact) mass is 330 g/mol. The molecule has 1 heterocycles. The highest BCUT2D eigenvalue weighted by Gasteiger charge is 2.28. The Morgan fingerprint density at radius 2 is 2.14 bits per heavy atom. The van der Waals surface area contributed by atoms with Gasteiger partial charge in [0, 0.05) is 11.4 Å². The molecule has 1 aliphatic heterocycles. The Morgan fingerprint density at radius 1 is 1.38 bits per heavy atom. The van der Waals surface area contributed by atoms with E-state index in [0.717, 1.165) is 0 Å². The number of rotatable bonds is 4. The first-order valence-corrected chi connectivity index (χ1v) is 6.92. The number of nitrogens with one attached hydrogen (secondary N) is 2. The van der Waals surface area contributed by atoms with E-state index in [1.54, 1.807) is 12.1 Å². The van der Waals surface area contributed by atoms with Crippen LogP contribution in [-0.2, 0) is 19.1 Å². The molecule has 6 nitrogen and oxygen atoms in total. The highest BCUT2D eigenvalue weighted by molar-refractivity contribution is 6.35. The maximum Gasteiger partial charge on any atom is 0.329 e. The van der Waals surface area contributed by atoms with E-state index in [1.807, 2.05) is 0 Å². The normalized spacial score (nSPS) is 17.2. The van der Waals surface area contributed by atoms with Crippen LogP contribution in [0.1, 0.15) is 12.8 Å². The van der Waals surface area contributed by atoms with Crippen LogP contribution in [0.5, 0.6) is 0 Å². The maximum atomic E-state index is 11.7. The molecule has 2 N–H and O–H groups in total. The number of hydrogen-bond acceptors (Lipinski definition) is 4. The van der Waals surface area contributed by atoms with Crippen molar-refractivity contribution in [3.05, 3.63) is 28.2 Å². The predicted molar refractivity (Wildman–Crippen MR) is 77.2 cm³/mol. The number of carbonyl (C=O) groups is 3. The number of ether oxygens (including phenoxy) is 1. The Labute approximate surface area is 130 Å². The summed E-state index contributed by atoms with van der Waals surface area (Å²) in [5.41, 5.74) is 0.333. The zero-order valence-electron chi connectivity index (χ0n) is 10.8. The van der Waals surface area contributed by atoms with Crippen LogP contribution in [0.15, 0.2) is 18.2 Å². The van der Waals surface area contributed by atoms with Crippen molar-refractivity contribution in [3.8, 4) is 0 Å². The van der Waals surface area contributed by atoms with Crippen LogP contribution in [0.3, 0.4) is 0 Å². The first-order chi connectivity index (χ1) is 9.95. The molecule has 8 heteroatoms. The summed E-state index contributed by atoms with van der Waals surface area (Å²) in [6, 6.07) is 3.93. The van der Waals surface area contributed by atoms with E-state index in [0.29, 0.717) is 22.2 Å². The smallest absolute Gasteiger partial charge is 0.329 e. The molecule has 1 saturated heterocycles. The number of halogens is 2. The topological polar surface area (TPSA) is 84.5 Å². The summed E-state index contributed by atoms with van der Waals surface area (Å²) in [5.74, 6) is -1.38. The highest BCUT2D eigenvalue weighted by atomic mass is 35.5. The van der Waals surface area contributed by atoms with Crippen molar-refractivity contribution in [2.45, 2.75) is 18.9 Å². The molecule has 0 spiro atoms. The van der Waals surface area contributed by atoms with E-state index >= 15 is 0 Å². The molecule has 1 aliphatic rings. The van der Waals surface area contributed by atoms with Gasteiger partial charge in [0.1, 0.15) is 6.04 Å². The first-order valence-electron chi connectivity index (χ1n) is 6.16. The van der Waals surface area contributed by atoms with E-state index in [1.165, 1.54) is 6.07 Å². The summed E-state index contributed by atoms with van der Waals surface area (Å²) in [4.78, 5) is 34.3. The number of esters is 1. The quantitative estimate of drug-likeness (QED) is 0.824. The largest absolute Gasteiger partial charge is 0.454 e. The highest BCUT2D eigenvalue weighted by Crippen LogP contribution is 2.25. The third kappa shape index (κ3) is 4.34. The summed E-state index contributed by atoms with van der Waals surface area (Å²) in [5, 5.41) is 5.68. The van der Waals surface area contributed by atoms with Crippen molar-refractivity contribution in [2.24, 2.45) is 0 Å². The second-order valence-electron chi connectivity index (χ2n) is 4.44. The Balaban J connectivity index is 1.83. The summed E-state index contributed by atoms with van der Waals surface area (Å²) in [6.07, 6.45) is 0.656. The number of amides is 2. The Hall–Kier alpha value is -1.79. The van der Waals surface area contributed by atoms with Crippen molar-refractivity contribution < 1.29 is 19.1 Å². The van der Waals surface area contributed by atoms with Gasteiger partial charge in [0.25, 0.3) is 5.91 Å². The third-order valence-corrected chi connectivity index (χ3v) is 3.39. The van der Waals surface area contributed by atoms with Crippen molar-refractivity contribution in [1.82, 2.24) is 5.32 Å². The average molecular weight is 331 g/mol. The average Bonchev–Trinajstić information content (AvgIpc) is 2.87. The lowest BCUT2D eigenvalue weighted by Gasteiger charge is -2.11. The second kappa shape index (κ2) is 6.78. The minimum absolute atomic E-state index is 0.202. The van der Waals surface area contributed by atoms with E-state index < -0.39 is 24.5 Å². The lowest BCUT2D eigenvalue weighted by molar-refractivity contribution is -0.149. The van der Waals surface area contributed by atoms with Gasteiger partial charge in [-0.25, -0.2) is 4.79 Å². The van der Waals surface area contributed by atoms with Gasteiger partial charge in [-0.05, 0) is 24.6 Å². The fourth-order valence-electron chi connectivity index (χ4n) is 1.81. The molecule has 0 bridgehead atoms. The fourth-order valence-corrected chi connectivity index (χ4v) is 2.14. The van der Waals surface area contributed by atoms with Gasteiger partial charge in [-0.3, -0.25) is 9.59 Å². The van der Waals surface area contributed by atoms with Crippen LogP contribution in [0.4, 0.5) is 5.69 Å². The van der Waals surface area contributed by atoms with Gasteiger partial charge in [-0.1, -0.05) is 23.2 Å². The molecule has 0 saturated carbocycles. The molecule has 112 valence electrons. The standard InChI is InChI=1S/C13H12Cl2N2O4/c14-7-1-2-8(15)10(5-7)17-12(19)6-21-13(20)9-3-4-11(18)16-9/h1-2,5,9H,3-4,6H2,(H,16,18)(H,17,19)/t9-/m0/s1. The van der Waals surface area contributed by atoms with Crippen LogP contribution in [0.25, 0.3) is 0 Å². The van der Waals surface area contributed by atoms with Crippen LogP contribution < -0.4 is 10.6 Å². The van der Waals surface area contributed by atoms with Gasteiger partial charge in [-0.15, -0.1) is 0 Å². The van der Waals surface area contributed by atoms with Gasteiger partial charge < -0.3 is 15.4 Å². The Morgan fingerprint density at radius 3 is 2.81 bits per heavy atom. The van der Waals surface area contributed by atoms with Gasteiger partial charge in [-0.2, -0.15) is 0 Å². The van der Waals surface area contributed by atoms with E-state index in [9.17, 15) is 14.4 Å². The number of benzene rings is 1. The van der Waals surface area contributed by atoms with Gasteiger partial charge in [0.2, 0.25) is 5.91 Å². The Bertz CT molecular complexity index is 592. The molecule has 2 amide bonds. The van der Waals surface area contributed by atoms with Crippen LogP contribution in [-0.4, -0.2) is 30.4 Å². The molecule has 1 aromatic carbocycles. The first kappa shape index (κ1) is 15.6. The number of anilines is 1. The second-order valence-corrected chi connectivity index (χ2v) is 5.28. The van der Waals surface area contributed by atoms with E-state index in [4.69, 9.17) is 27.9 Å². The molecule has 0 aromatic heterocycles. The predicted octanol–water partition coefficient (Wildman–Crippen LogP) is 1.75. The molecule has 0 unspecified atom stereocenters. The third-order valence-electron chi connectivity index (χ3n) is 2.83. The van der Waals surface area contributed by atoms with Crippen molar-refractivity contribution in [1.29, 1.82) is 0 Å². The van der Waals surface area contributed by atoms with E-state index in [2.05, 4.69) is 10.6 Å². The summed E-state index contributed by atoms with van der Waals surface area (Å²) < 4.78 is 4.84. The summed E-state index contributed by atoms with van der Waals surface area (Å²) >= 11 is 11.7. The lowest BCUT2D eigenvalue weighted by Crippen LogP contribution is -2.36. The lowest BCUT2D eigenvalue weighted by atomic mass is 10.2. The molecule has 0 radical (unpaired) electrons. The molecular formula is C13H12Cl2N2O4.